The number of fused-ring (bicyclic) bond motifs is 1. The molecule has 0 bridgehead atoms. The van der Waals surface area contributed by atoms with Gasteiger partial charge in [0, 0.05) is 37.4 Å². The summed E-state index contributed by atoms with van der Waals surface area (Å²) in [6, 6.07) is 0.481. The minimum Gasteiger partial charge on any atom is -0.444 e. The van der Waals surface area contributed by atoms with Crippen molar-refractivity contribution in [2.75, 3.05) is 19.7 Å². The van der Waals surface area contributed by atoms with Crippen LogP contribution < -0.4 is 5.32 Å². The lowest BCUT2D eigenvalue weighted by molar-refractivity contribution is 0.0269. The van der Waals surface area contributed by atoms with Crippen LogP contribution >= 0.6 is 0 Å². The van der Waals surface area contributed by atoms with Crippen LogP contribution in [0, 0.1) is 11.8 Å². The second-order valence-electron chi connectivity index (χ2n) is 7.45. The first-order valence-corrected chi connectivity index (χ1v) is 8.21. The van der Waals surface area contributed by atoms with Crippen molar-refractivity contribution in [3.63, 3.8) is 0 Å². The topological polar surface area (TPSA) is 79.6 Å². The van der Waals surface area contributed by atoms with Crippen molar-refractivity contribution in [3.8, 4) is 0 Å². The summed E-state index contributed by atoms with van der Waals surface area (Å²) >= 11 is 0. The van der Waals surface area contributed by atoms with Gasteiger partial charge in [0.2, 0.25) is 0 Å². The summed E-state index contributed by atoms with van der Waals surface area (Å²) in [7, 11) is 0. The second-order valence-corrected chi connectivity index (χ2v) is 7.45. The molecule has 2 atom stereocenters. The van der Waals surface area contributed by atoms with E-state index in [1.807, 2.05) is 38.1 Å². The molecule has 1 aliphatic heterocycles. The number of aliphatic hydroxyl groups excluding tert-OH is 1. The average Bonchev–Trinajstić information content (AvgIpc) is 2.82. The third-order valence-corrected chi connectivity index (χ3v) is 4.40. The van der Waals surface area contributed by atoms with E-state index in [4.69, 9.17) is 9.84 Å². The van der Waals surface area contributed by atoms with Crippen LogP contribution in [-0.4, -0.2) is 57.2 Å². The monoisotopic (exact) mass is 322 g/mol. The van der Waals surface area contributed by atoms with Crippen LogP contribution in [0.2, 0.25) is 0 Å². The number of aliphatic hydroxyl groups is 1. The van der Waals surface area contributed by atoms with Crippen LogP contribution in [0.3, 0.4) is 0 Å². The number of carbonyl (C=O) groups excluding carboxylic acids is 1. The zero-order valence-electron chi connectivity index (χ0n) is 14.0. The number of amides is 1. The Morgan fingerprint density at radius 2 is 2.13 bits per heavy atom. The van der Waals surface area contributed by atoms with E-state index >= 15 is 0 Å². The van der Waals surface area contributed by atoms with Crippen LogP contribution in [0.5, 0.6) is 0 Å². The van der Waals surface area contributed by atoms with Crippen molar-refractivity contribution in [1.29, 1.82) is 0 Å². The molecule has 23 heavy (non-hydrogen) atoms. The molecule has 3 rings (SSSR count). The largest absolute Gasteiger partial charge is 0.444 e. The number of hydrogen-bond donors (Lipinski definition) is 2. The highest BCUT2D eigenvalue weighted by Gasteiger charge is 2.56. The molecule has 1 aromatic heterocycles. The third kappa shape index (κ3) is 3.84. The smallest absolute Gasteiger partial charge is 0.410 e. The van der Waals surface area contributed by atoms with E-state index < -0.39 is 5.60 Å². The van der Waals surface area contributed by atoms with Gasteiger partial charge in [0.05, 0.1) is 19.3 Å². The zero-order chi connectivity index (χ0) is 16.6. The maximum absolute atomic E-state index is 12.0. The van der Waals surface area contributed by atoms with E-state index in [0.717, 1.165) is 25.2 Å². The molecule has 1 saturated carbocycles. The van der Waals surface area contributed by atoms with Gasteiger partial charge < -0.3 is 20.1 Å². The third-order valence-electron chi connectivity index (χ3n) is 4.40. The Morgan fingerprint density at radius 1 is 1.43 bits per heavy atom. The van der Waals surface area contributed by atoms with Gasteiger partial charge in [-0.2, -0.15) is 5.10 Å². The Morgan fingerprint density at radius 3 is 2.74 bits per heavy atom. The molecule has 2 fully saturated rings. The van der Waals surface area contributed by atoms with Crippen LogP contribution in [0.4, 0.5) is 4.79 Å². The SMILES string of the molecule is CC(C)(C)OC(=O)N1CC2C(C1)C2NCc1cnn(CCO)c1. The summed E-state index contributed by atoms with van der Waals surface area (Å²) in [4.78, 5) is 13.8. The van der Waals surface area contributed by atoms with Gasteiger partial charge in [-0.05, 0) is 32.6 Å². The fourth-order valence-corrected chi connectivity index (χ4v) is 3.26. The van der Waals surface area contributed by atoms with Gasteiger partial charge in [0.25, 0.3) is 0 Å². The molecule has 1 aliphatic carbocycles. The van der Waals surface area contributed by atoms with Gasteiger partial charge in [0.15, 0.2) is 0 Å². The van der Waals surface area contributed by atoms with Crippen LogP contribution in [0.15, 0.2) is 12.4 Å². The highest BCUT2D eigenvalue weighted by Crippen LogP contribution is 2.45. The number of aromatic nitrogens is 2. The van der Waals surface area contributed by atoms with Crippen LogP contribution in [0.25, 0.3) is 0 Å². The quantitative estimate of drug-likeness (QED) is 0.839. The van der Waals surface area contributed by atoms with Crippen molar-refractivity contribution in [2.24, 2.45) is 11.8 Å². The van der Waals surface area contributed by atoms with E-state index in [1.165, 1.54) is 0 Å². The van der Waals surface area contributed by atoms with Crippen molar-refractivity contribution in [3.05, 3.63) is 18.0 Å². The molecule has 7 nitrogen and oxygen atoms in total. The number of nitrogens with one attached hydrogen (secondary N) is 1. The second kappa shape index (κ2) is 6.13. The maximum Gasteiger partial charge on any atom is 0.410 e. The molecule has 1 saturated heterocycles. The number of likely N-dealkylation sites (tertiary alicyclic amines) is 1. The highest BCUT2D eigenvalue weighted by atomic mass is 16.6. The molecule has 2 N–H and O–H groups in total. The van der Waals surface area contributed by atoms with E-state index in [1.54, 1.807) is 4.68 Å². The molecule has 7 heteroatoms. The van der Waals surface area contributed by atoms with E-state index in [9.17, 15) is 4.79 Å². The Bertz CT molecular complexity index is 554. The van der Waals surface area contributed by atoms with Gasteiger partial charge in [-0.25, -0.2) is 4.79 Å². The predicted octanol–water partition coefficient (Wildman–Crippen LogP) is 0.830. The minimum atomic E-state index is -0.434. The summed E-state index contributed by atoms with van der Waals surface area (Å²) in [6.07, 6.45) is 3.58. The fraction of sp³-hybridized carbons (Fsp3) is 0.750. The van der Waals surface area contributed by atoms with Gasteiger partial charge in [-0.3, -0.25) is 4.68 Å². The van der Waals surface area contributed by atoms with Crippen molar-refractivity contribution in [2.45, 2.75) is 45.5 Å². The molecular weight excluding hydrogens is 296 g/mol. The first-order valence-electron chi connectivity index (χ1n) is 8.21. The maximum atomic E-state index is 12.0. The van der Waals surface area contributed by atoms with Gasteiger partial charge >= 0.3 is 6.09 Å². The Kier molecular flexibility index (Phi) is 4.33. The first-order chi connectivity index (χ1) is 10.9. The molecule has 2 aliphatic rings. The van der Waals surface area contributed by atoms with Gasteiger partial charge in [-0.15, -0.1) is 0 Å². The van der Waals surface area contributed by atoms with Crippen LogP contribution in [0.1, 0.15) is 26.3 Å². The predicted molar refractivity (Wildman–Crippen MR) is 84.7 cm³/mol. The summed E-state index contributed by atoms with van der Waals surface area (Å²) < 4.78 is 7.16. The number of ether oxygens (including phenoxy) is 1. The fourth-order valence-electron chi connectivity index (χ4n) is 3.26. The Hall–Kier alpha value is -1.60. The van der Waals surface area contributed by atoms with Crippen molar-refractivity contribution >= 4 is 6.09 Å². The molecule has 2 unspecified atom stereocenters. The summed E-state index contributed by atoms with van der Waals surface area (Å²) in [5.74, 6) is 1.07. The average molecular weight is 322 g/mol. The lowest BCUT2D eigenvalue weighted by Gasteiger charge is -2.26. The standard InChI is InChI=1S/C16H26N4O3/c1-16(2,3)23-15(22)19-9-12-13(10-19)14(12)17-6-11-7-18-20(8-11)4-5-21/h7-8,12-14,17,21H,4-6,9-10H2,1-3H3. The molecule has 1 aromatic rings. The summed E-state index contributed by atoms with van der Waals surface area (Å²) in [5, 5.41) is 16.6. The van der Waals surface area contributed by atoms with Crippen molar-refractivity contribution < 1.29 is 14.6 Å². The molecular formula is C16H26N4O3. The highest BCUT2D eigenvalue weighted by molar-refractivity contribution is 5.69. The minimum absolute atomic E-state index is 0.0990. The molecule has 0 spiro atoms. The Labute approximate surface area is 136 Å². The molecule has 0 aromatic carbocycles. The summed E-state index contributed by atoms with van der Waals surface area (Å²) in [6.45, 7) is 8.63. The lowest BCUT2D eigenvalue weighted by Crippen LogP contribution is -2.39. The number of carbonyl (C=O) groups is 1. The van der Waals surface area contributed by atoms with Crippen molar-refractivity contribution in [1.82, 2.24) is 20.0 Å². The first kappa shape index (κ1) is 16.3. The molecule has 128 valence electrons. The van der Waals surface area contributed by atoms with Crippen LogP contribution in [-0.2, 0) is 17.8 Å². The van der Waals surface area contributed by atoms with Gasteiger partial charge in [-0.1, -0.05) is 0 Å². The molecule has 2 heterocycles. The Balaban J connectivity index is 1.41. The number of nitrogens with zero attached hydrogens (tertiary/aromatic N) is 3. The van der Waals surface area contributed by atoms with Gasteiger partial charge in [0.1, 0.15) is 5.60 Å². The lowest BCUT2D eigenvalue weighted by atomic mass is 10.2. The van der Waals surface area contributed by atoms with E-state index in [2.05, 4.69) is 10.4 Å². The van der Waals surface area contributed by atoms with E-state index in [-0.39, 0.29) is 12.7 Å². The summed E-state index contributed by atoms with van der Waals surface area (Å²) in [5.41, 5.74) is 0.684. The normalized spacial score (nSPS) is 26.3. The molecule has 1 amide bonds. The zero-order valence-corrected chi connectivity index (χ0v) is 14.0. The number of rotatable bonds is 5. The number of piperidine rings is 1. The number of hydrogen-bond acceptors (Lipinski definition) is 5. The van der Waals surface area contributed by atoms with E-state index in [0.29, 0.717) is 24.4 Å². The molecule has 0 radical (unpaired) electrons.